The highest BCUT2D eigenvalue weighted by Gasteiger charge is 2.30. The zero-order valence-corrected chi connectivity index (χ0v) is 10.8. The van der Waals surface area contributed by atoms with Crippen LogP contribution in [-0.2, 0) is 9.59 Å². The fourth-order valence-corrected chi connectivity index (χ4v) is 2.39. The third-order valence-corrected chi connectivity index (χ3v) is 3.37. The molecule has 2 N–H and O–H groups in total. The first-order valence-corrected chi connectivity index (χ1v) is 6.22. The van der Waals surface area contributed by atoms with Crippen molar-refractivity contribution in [2.75, 3.05) is 5.73 Å². The molecular formula is C15H15N3O3. The van der Waals surface area contributed by atoms with E-state index < -0.39 is 48.7 Å². The molecule has 2 aromatic rings. The maximum atomic E-state index is 13.1. The Hall–Kier alpha value is -2.50. The van der Waals surface area contributed by atoms with Crippen LogP contribution in [-0.4, -0.2) is 21.1 Å². The minimum absolute atomic E-state index is 0.295. The number of anilines is 1. The lowest BCUT2D eigenvalue weighted by atomic mass is 9.92. The molecule has 1 heterocycles. The van der Waals surface area contributed by atoms with Crippen LogP contribution >= 0.6 is 0 Å². The van der Waals surface area contributed by atoms with Crippen molar-refractivity contribution < 1.29 is 17.8 Å². The van der Waals surface area contributed by atoms with E-state index in [1.807, 2.05) is 0 Å². The topological polar surface area (TPSA) is 95.0 Å². The number of fused-ring (bicyclic) bond motifs is 1. The highest BCUT2D eigenvalue weighted by atomic mass is 16.2. The number of aromatic nitrogens is 2. The average molecular weight is 291 g/mol. The zero-order valence-electron chi connectivity index (χ0n) is 16.8. The number of hydrogen-bond acceptors (Lipinski definition) is 5. The van der Waals surface area contributed by atoms with Crippen molar-refractivity contribution in [3.8, 4) is 0 Å². The van der Waals surface area contributed by atoms with Gasteiger partial charge in [-0.15, -0.1) is 0 Å². The van der Waals surface area contributed by atoms with Crippen molar-refractivity contribution in [3.05, 3.63) is 34.3 Å². The van der Waals surface area contributed by atoms with Gasteiger partial charge in [-0.2, -0.15) is 0 Å². The second kappa shape index (κ2) is 4.80. The molecule has 0 aliphatic heterocycles. The Morgan fingerprint density at radius 1 is 1.48 bits per heavy atom. The summed E-state index contributed by atoms with van der Waals surface area (Å²) in [6.07, 6.45) is -2.17. The summed E-state index contributed by atoms with van der Waals surface area (Å²) in [5.74, 6) is -1.97. The monoisotopic (exact) mass is 291 g/mol. The van der Waals surface area contributed by atoms with Crippen molar-refractivity contribution >= 4 is 28.2 Å². The van der Waals surface area contributed by atoms with Crippen LogP contribution in [0.1, 0.15) is 39.3 Å². The number of nitrogens with zero attached hydrogens (tertiary/aromatic N) is 2. The number of Topliss-reactive ketones (excluding diaryl/α,β-unsaturated/α-hetero) is 2. The average Bonchev–Trinajstić information content (AvgIpc) is 2.51. The molecule has 1 aliphatic rings. The van der Waals surface area contributed by atoms with Crippen LogP contribution in [0.15, 0.2) is 22.9 Å². The normalized spacial score (nSPS) is 27.4. The van der Waals surface area contributed by atoms with E-state index in [9.17, 15) is 14.4 Å². The fourth-order valence-electron chi connectivity index (χ4n) is 2.39. The molecule has 1 aliphatic carbocycles. The summed E-state index contributed by atoms with van der Waals surface area (Å²) < 4.78 is 47.4. The smallest absolute Gasteiger partial charge is 0.264 e. The molecule has 1 aromatic heterocycles. The predicted molar refractivity (Wildman–Crippen MR) is 78.1 cm³/mol. The third kappa shape index (κ3) is 2.12. The highest BCUT2D eigenvalue weighted by molar-refractivity contribution is 6.03. The lowest BCUT2D eigenvalue weighted by Gasteiger charge is -2.24. The number of hydrogen-bond donors (Lipinski definition) is 1. The molecule has 6 heteroatoms. The molecule has 3 rings (SSSR count). The van der Waals surface area contributed by atoms with Gasteiger partial charge < -0.3 is 5.73 Å². The Morgan fingerprint density at radius 3 is 3.00 bits per heavy atom. The van der Waals surface area contributed by atoms with Gasteiger partial charge in [0.15, 0.2) is 5.78 Å². The number of ketones is 2. The van der Waals surface area contributed by atoms with E-state index in [0.717, 1.165) is 6.07 Å². The number of carbonyl (C=O) groups is 2. The Morgan fingerprint density at radius 2 is 2.29 bits per heavy atom. The first kappa shape index (κ1) is 8.07. The van der Waals surface area contributed by atoms with E-state index in [-0.39, 0.29) is 35.1 Å². The van der Waals surface area contributed by atoms with E-state index in [2.05, 4.69) is 4.98 Å². The molecule has 1 aromatic carbocycles. The first-order chi connectivity index (χ1) is 12.4. The minimum Gasteiger partial charge on any atom is -0.398 e. The number of benzene rings is 1. The lowest BCUT2D eigenvalue weighted by Crippen LogP contribution is -2.36. The second-order valence-corrected chi connectivity index (χ2v) is 4.75. The molecule has 1 fully saturated rings. The minimum atomic E-state index is -2.92. The molecule has 0 spiro atoms. The summed E-state index contributed by atoms with van der Waals surface area (Å²) in [4.78, 5) is 40.9. The van der Waals surface area contributed by atoms with Gasteiger partial charge in [-0.3, -0.25) is 19.0 Å². The van der Waals surface area contributed by atoms with Gasteiger partial charge in [0.25, 0.3) is 5.56 Å². The van der Waals surface area contributed by atoms with Crippen LogP contribution in [0.3, 0.4) is 0 Å². The van der Waals surface area contributed by atoms with Crippen LogP contribution in [0.25, 0.3) is 10.9 Å². The van der Waals surface area contributed by atoms with E-state index >= 15 is 0 Å². The Bertz CT molecular complexity index is 1050. The number of rotatable bonds is 1. The van der Waals surface area contributed by atoms with E-state index in [0.29, 0.717) is 4.57 Å². The van der Waals surface area contributed by atoms with E-state index in [4.69, 9.17) is 14.0 Å². The van der Waals surface area contributed by atoms with Crippen molar-refractivity contribution in [1.29, 1.82) is 0 Å². The second-order valence-electron chi connectivity index (χ2n) is 4.75. The lowest BCUT2D eigenvalue weighted by molar-refractivity contribution is -0.132. The molecule has 0 radical (unpaired) electrons. The maximum Gasteiger partial charge on any atom is 0.264 e. The third-order valence-electron chi connectivity index (χ3n) is 3.37. The number of aryl methyl sites for hydroxylation is 1. The van der Waals surface area contributed by atoms with Crippen LogP contribution in [0.2, 0.25) is 0 Å². The number of carbonyl (C=O) groups excluding carboxylic acids is 2. The van der Waals surface area contributed by atoms with Gasteiger partial charge in [0.2, 0.25) is 0 Å². The van der Waals surface area contributed by atoms with Crippen molar-refractivity contribution in [2.24, 2.45) is 0 Å². The Balaban J connectivity index is 2.46. The molecule has 2 unspecified atom stereocenters. The number of nitrogen functional groups attached to an aromatic ring is 1. The predicted octanol–water partition coefficient (Wildman–Crippen LogP) is 1.15. The van der Waals surface area contributed by atoms with Crippen molar-refractivity contribution in [1.82, 2.24) is 9.55 Å². The molecule has 108 valence electrons. The summed E-state index contributed by atoms with van der Waals surface area (Å²) in [5, 5.41) is -0.350. The molecule has 1 saturated carbocycles. The van der Waals surface area contributed by atoms with E-state index in [1.165, 1.54) is 0 Å². The van der Waals surface area contributed by atoms with Gasteiger partial charge in [0.05, 0.1) is 26.1 Å². The van der Waals surface area contributed by atoms with Crippen LogP contribution in [0, 0.1) is 6.85 Å². The first-order valence-electron chi connectivity index (χ1n) is 9.30. The Labute approximate surface area is 129 Å². The molecule has 21 heavy (non-hydrogen) atoms. The van der Waals surface area contributed by atoms with Gasteiger partial charge in [0, 0.05) is 17.6 Å². The molecule has 0 saturated heterocycles. The van der Waals surface area contributed by atoms with Gasteiger partial charge in [0.1, 0.15) is 11.6 Å². The van der Waals surface area contributed by atoms with Crippen molar-refractivity contribution in [2.45, 2.75) is 32.1 Å². The van der Waals surface area contributed by atoms with E-state index in [1.54, 1.807) is 0 Å². The van der Waals surface area contributed by atoms with Gasteiger partial charge in [-0.1, -0.05) is 6.07 Å². The fraction of sp³-hybridized carbons (Fsp3) is 0.333. The molecular weight excluding hydrogens is 270 g/mol. The Kier molecular flexibility index (Phi) is 1.84. The zero-order chi connectivity index (χ0) is 20.3. The SMILES string of the molecule is [2H]c1cc([2H])c2nc(C([2H])([2H])[2H])n(C3C(=O)CC(=O)CC3[2H])c(=O)c2c1N. The van der Waals surface area contributed by atoms with Crippen molar-refractivity contribution in [3.63, 3.8) is 0 Å². The van der Waals surface area contributed by atoms with Gasteiger partial charge >= 0.3 is 0 Å². The van der Waals surface area contributed by atoms with Gasteiger partial charge in [-0.05, 0) is 25.3 Å². The summed E-state index contributed by atoms with van der Waals surface area (Å²) >= 11 is 0. The maximum absolute atomic E-state index is 13.1. The summed E-state index contributed by atoms with van der Waals surface area (Å²) in [5.41, 5.74) is 4.17. The standard InChI is InChI=1S/C15H15N3O3/c1-8-17-11-4-2-3-10(16)14(11)15(21)18(8)12-6-5-9(19)7-13(12)20/h2-4,12H,5-7,16H2,1H3/i1D3,3D,4D,6D. The molecule has 6 nitrogen and oxygen atoms in total. The quantitative estimate of drug-likeness (QED) is 0.628. The largest absolute Gasteiger partial charge is 0.398 e. The summed E-state index contributed by atoms with van der Waals surface area (Å²) in [6, 6.07) is -1.14. The van der Waals surface area contributed by atoms with Crippen LogP contribution < -0.4 is 11.3 Å². The summed E-state index contributed by atoms with van der Waals surface area (Å²) in [6.45, 7) is -2.92. The van der Waals surface area contributed by atoms with Crippen LogP contribution in [0.5, 0.6) is 0 Å². The molecule has 0 bridgehead atoms. The molecule has 2 atom stereocenters. The van der Waals surface area contributed by atoms with Crippen LogP contribution in [0.4, 0.5) is 5.69 Å². The van der Waals surface area contributed by atoms with Gasteiger partial charge in [-0.25, -0.2) is 4.98 Å². The number of nitrogens with two attached hydrogens (primary N) is 1. The molecule has 0 amide bonds. The summed E-state index contributed by atoms with van der Waals surface area (Å²) in [7, 11) is 0. The highest BCUT2D eigenvalue weighted by Crippen LogP contribution is 2.24.